The van der Waals surface area contributed by atoms with Gasteiger partial charge in [-0.1, -0.05) is 19.1 Å². The Balaban J connectivity index is 2.14. The number of hydrogen-bond donors (Lipinski definition) is 2. The van der Waals surface area contributed by atoms with Crippen LogP contribution < -0.4 is 10.6 Å². The largest absolute Gasteiger partial charge is 0.416 e. The van der Waals surface area contributed by atoms with Crippen LogP contribution >= 0.6 is 0 Å². The van der Waals surface area contributed by atoms with E-state index >= 15 is 0 Å². The van der Waals surface area contributed by atoms with E-state index in [2.05, 4.69) is 15.6 Å². The standard InChI is InChI=1S/C15H16F3N3/c1-2-9-19-13-7-4-8-14(21-13)20-12-6-3-5-11(10-12)15(16,17)18/h3-8,10H,2,9H2,1H3,(H2,19,20,21). The Kier molecular flexibility index (Phi) is 4.67. The van der Waals surface area contributed by atoms with Gasteiger partial charge in [0.1, 0.15) is 11.6 Å². The van der Waals surface area contributed by atoms with Gasteiger partial charge in [-0.3, -0.25) is 0 Å². The fourth-order valence-electron chi connectivity index (χ4n) is 1.78. The maximum absolute atomic E-state index is 12.7. The molecule has 2 aromatic rings. The molecule has 21 heavy (non-hydrogen) atoms. The molecule has 6 heteroatoms. The molecule has 2 N–H and O–H groups in total. The second kappa shape index (κ2) is 6.47. The average Bonchev–Trinajstić information content (AvgIpc) is 2.45. The van der Waals surface area contributed by atoms with Gasteiger partial charge in [-0.25, -0.2) is 4.98 Å². The highest BCUT2D eigenvalue weighted by Crippen LogP contribution is 2.31. The van der Waals surface area contributed by atoms with E-state index in [0.717, 1.165) is 25.1 Å². The number of halogens is 3. The van der Waals surface area contributed by atoms with Crippen LogP contribution in [0.2, 0.25) is 0 Å². The lowest BCUT2D eigenvalue weighted by Gasteiger charge is -2.11. The monoisotopic (exact) mass is 295 g/mol. The summed E-state index contributed by atoms with van der Waals surface area (Å²) in [5.41, 5.74) is -0.335. The predicted octanol–water partition coefficient (Wildman–Crippen LogP) is 4.67. The fourth-order valence-corrected chi connectivity index (χ4v) is 1.78. The minimum Gasteiger partial charge on any atom is -0.370 e. The van der Waals surface area contributed by atoms with Crippen molar-refractivity contribution >= 4 is 17.3 Å². The van der Waals surface area contributed by atoms with Crippen molar-refractivity contribution in [3.63, 3.8) is 0 Å². The average molecular weight is 295 g/mol. The number of alkyl halides is 3. The molecule has 0 fully saturated rings. The maximum atomic E-state index is 12.7. The molecule has 0 bridgehead atoms. The van der Waals surface area contributed by atoms with Crippen LogP contribution in [0.3, 0.4) is 0 Å². The van der Waals surface area contributed by atoms with Crippen molar-refractivity contribution in [2.24, 2.45) is 0 Å². The fraction of sp³-hybridized carbons (Fsp3) is 0.267. The minimum absolute atomic E-state index is 0.352. The van der Waals surface area contributed by atoms with Gasteiger partial charge in [0.15, 0.2) is 0 Å². The molecule has 0 saturated carbocycles. The van der Waals surface area contributed by atoms with Gasteiger partial charge in [-0.2, -0.15) is 13.2 Å². The number of anilines is 3. The second-order valence-electron chi connectivity index (χ2n) is 4.54. The third-order valence-electron chi connectivity index (χ3n) is 2.77. The lowest BCUT2D eigenvalue weighted by molar-refractivity contribution is -0.137. The summed E-state index contributed by atoms with van der Waals surface area (Å²) in [5.74, 6) is 1.18. The van der Waals surface area contributed by atoms with E-state index in [1.165, 1.54) is 6.07 Å². The molecule has 0 amide bonds. The van der Waals surface area contributed by atoms with Gasteiger partial charge in [0.25, 0.3) is 0 Å². The number of nitrogens with one attached hydrogen (secondary N) is 2. The summed E-state index contributed by atoms with van der Waals surface area (Å²) < 4.78 is 38.0. The number of pyridine rings is 1. The molecule has 0 radical (unpaired) electrons. The zero-order chi connectivity index (χ0) is 15.3. The molecule has 1 heterocycles. The summed E-state index contributed by atoms with van der Waals surface area (Å²) in [6.07, 6.45) is -3.39. The number of rotatable bonds is 5. The zero-order valence-electron chi connectivity index (χ0n) is 11.5. The zero-order valence-corrected chi connectivity index (χ0v) is 11.5. The van der Waals surface area contributed by atoms with Gasteiger partial charge < -0.3 is 10.6 Å². The molecule has 0 spiro atoms. The summed E-state index contributed by atoms with van der Waals surface area (Å²) >= 11 is 0. The third-order valence-corrected chi connectivity index (χ3v) is 2.77. The number of hydrogen-bond acceptors (Lipinski definition) is 3. The summed E-state index contributed by atoms with van der Waals surface area (Å²) in [4.78, 5) is 4.29. The number of aromatic nitrogens is 1. The molecule has 0 aliphatic rings. The molecule has 0 unspecified atom stereocenters. The first kappa shape index (κ1) is 15.2. The first-order chi connectivity index (χ1) is 9.99. The number of benzene rings is 1. The Labute approximate surface area is 121 Å². The van der Waals surface area contributed by atoms with Crippen molar-refractivity contribution in [2.45, 2.75) is 19.5 Å². The lowest BCUT2D eigenvalue weighted by atomic mass is 10.2. The lowest BCUT2D eigenvalue weighted by Crippen LogP contribution is -2.06. The minimum atomic E-state index is -4.35. The summed E-state index contributed by atoms with van der Waals surface area (Å²) in [6.45, 7) is 2.83. The van der Waals surface area contributed by atoms with Crippen molar-refractivity contribution in [1.82, 2.24) is 4.98 Å². The topological polar surface area (TPSA) is 37.0 Å². The SMILES string of the molecule is CCCNc1cccc(Nc2cccc(C(F)(F)F)c2)n1. The van der Waals surface area contributed by atoms with Crippen LogP contribution in [0.25, 0.3) is 0 Å². The van der Waals surface area contributed by atoms with Gasteiger partial charge in [0, 0.05) is 12.2 Å². The summed E-state index contributed by atoms with van der Waals surface area (Å²) in [5, 5.41) is 6.01. The first-order valence-corrected chi connectivity index (χ1v) is 6.64. The molecule has 3 nitrogen and oxygen atoms in total. The maximum Gasteiger partial charge on any atom is 0.416 e. The highest BCUT2D eigenvalue weighted by Gasteiger charge is 2.30. The van der Waals surface area contributed by atoms with Crippen molar-refractivity contribution in [2.75, 3.05) is 17.2 Å². The van der Waals surface area contributed by atoms with E-state index in [-0.39, 0.29) is 0 Å². The molecule has 0 saturated heterocycles. The molecule has 112 valence electrons. The smallest absolute Gasteiger partial charge is 0.370 e. The molecule has 1 aromatic carbocycles. The van der Waals surface area contributed by atoms with Crippen molar-refractivity contribution in [1.29, 1.82) is 0 Å². The Hall–Kier alpha value is -2.24. The summed E-state index contributed by atoms with van der Waals surface area (Å²) in [7, 11) is 0. The predicted molar refractivity (Wildman–Crippen MR) is 77.7 cm³/mol. The Morgan fingerprint density at radius 2 is 1.76 bits per heavy atom. The van der Waals surface area contributed by atoms with Crippen LogP contribution in [-0.4, -0.2) is 11.5 Å². The molecule has 2 rings (SSSR count). The Morgan fingerprint density at radius 3 is 2.48 bits per heavy atom. The molecule has 1 aromatic heterocycles. The third kappa shape index (κ3) is 4.37. The van der Waals surface area contributed by atoms with Crippen molar-refractivity contribution < 1.29 is 13.2 Å². The van der Waals surface area contributed by atoms with E-state index in [1.54, 1.807) is 18.2 Å². The van der Waals surface area contributed by atoms with Crippen LogP contribution in [0.4, 0.5) is 30.5 Å². The van der Waals surface area contributed by atoms with Gasteiger partial charge >= 0.3 is 6.18 Å². The number of nitrogens with zero attached hydrogens (tertiary/aromatic N) is 1. The second-order valence-corrected chi connectivity index (χ2v) is 4.54. The molecule has 0 aliphatic heterocycles. The van der Waals surface area contributed by atoms with E-state index in [9.17, 15) is 13.2 Å². The molecule has 0 atom stereocenters. The van der Waals surface area contributed by atoms with E-state index < -0.39 is 11.7 Å². The van der Waals surface area contributed by atoms with E-state index in [1.807, 2.05) is 13.0 Å². The highest BCUT2D eigenvalue weighted by atomic mass is 19.4. The van der Waals surface area contributed by atoms with Gasteiger partial charge in [-0.05, 0) is 36.8 Å². The molecular formula is C15H16F3N3. The highest BCUT2D eigenvalue weighted by molar-refractivity contribution is 5.59. The van der Waals surface area contributed by atoms with Crippen LogP contribution in [0.1, 0.15) is 18.9 Å². The first-order valence-electron chi connectivity index (χ1n) is 6.64. The van der Waals surface area contributed by atoms with E-state index in [4.69, 9.17) is 0 Å². The van der Waals surface area contributed by atoms with Crippen LogP contribution in [0, 0.1) is 0 Å². The quantitative estimate of drug-likeness (QED) is 0.842. The van der Waals surface area contributed by atoms with Gasteiger partial charge in [-0.15, -0.1) is 0 Å². The van der Waals surface area contributed by atoms with E-state index in [0.29, 0.717) is 17.3 Å². The molecular weight excluding hydrogens is 279 g/mol. The Morgan fingerprint density at radius 1 is 1.05 bits per heavy atom. The Bertz CT molecular complexity index is 597. The van der Waals surface area contributed by atoms with Crippen LogP contribution in [0.5, 0.6) is 0 Å². The van der Waals surface area contributed by atoms with Crippen molar-refractivity contribution in [3.8, 4) is 0 Å². The van der Waals surface area contributed by atoms with Gasteiger partial charge in [0.2, 0.25) is 0 Å². The normalized spacial score (nSPS) is 11.2. The molecule has 0 aliphatic carbocycles. The van der Waals surface area contributed by atoms with Crippen LogP contribution in [0.15, 0.2) is 42.5 Å². The van der Waals surface area contributed by atoms with Crippen LogP contribution in [-0.2, 0) is 6.18 Å². The van der Waals surface area contributed by atoms with Gasteiger partial charge in [0.05, 0.1) is 5.56 Å². The van der Waals surface area contributed by atoms with Crippen molar-refractivity contribution in [3.05, 3.63) is 48.0 Å². The summed E-state index contributed by atoms with van der Waals surface area (Å²) in [6, 6.07) is 10.4.